The Hall–Kier alpha value is -2.65. The van der Waals surface area contributed by atoms with E-state index in [0.29, 0.717) is 27.9 Å². The van der Waals surface area contributed by atoms with E-state index in [9.17, 15) is 14.4 Å². The molecule has 3 amide bonds. The molecule has 0 aliphatic heterocycles. The number of primary amides is 1. The van der Waals surface area contributed by atoms with Crippen molar-refractivity contribution in [2.45, 2.75) is 70.0 Å². The highest BCUT2D eigenvalue weighted by atomic mass is 35.5. The molecule has 2 fully saturated rings. The number of aromatic nitrogens is 1. The van der Waals surface area contributed by atoms with E-state index in [1.54, 1.807) is 12.1 Å². The predicted octanol–water partition coefficient (Wildman–Crippen LogP) is 4.03. The number of rotatable bonds is 10. The third kappa shape index (κ3) is 6.27. The van der Waals surface area contributed by atoms with E-state index in [-0.39, 0.29) is 29.6 Å². The largest absolute Gasteiger partial charge is 0.376 e. The van der Waals surface area contributed by atoms with E-state index >= 15 is 0 Å². The first-order valence-corrected chi connectivity index (χ1v) is 12.9. The lowest BCUT2D eigenvalue weighted by atomic mass is 9.97. The Kier molecular flexibility index (Phi) is 7.73. The molecule has 2 saturated carbocycles. The first kappa shape index (κ1) is 24.5. The Morgan fingerprint density at radius 3 is 2.62 bits per heavy atom. The van der Waals surface area contributed by atoms with Crippen LogP contribution in [-0.4, -0.2) is 34.8 Å². The molecule has 4 rings (SSSR count). The number of nitrogens with zero attached hydrogens (tertiary/aromatic N) is 1. The van der Waals surface area contributed by atoms with E-state index in [2.05, 4.69) is 20.9 Å². The van der Waals surface area contributed by atoms with Crippen molar-refractivity contribution in [3.05, 3.63) is 44.9 Å². The molecule has 2 aromatic rings. The van der Waals surface area contributed by atoms with Crippen LogP contribution in [0.5, 0.6) is 0 Å². The molecular weight excluding hydrogens is 474 g/mol. The van der Waals surface area contributed by atoms with Crippen molar-refractivity contribution in [3.63, 3.8) is 0 Å². The maximum absolute atomic E-state index is 13.0. The molecular formula is C24H30ClN5O3S. The van der Waals surface area contributed by atoms with Crippen LogP contribution < -0.4 is 21.7 Å². The fourth-order valence-corrected chi connectivity index (χ4v) is 5.40. The highest BCUT2D eigenvalue weighted by Crippen LogP contribution is 2.31. The molecule has 10 heteroatoms. The number of halogens is 1. The van der Waals surface area contributed by atoms with Crippen LogP contribution in [0.2, 0.25) is 5.02 Å². The van der Waals surface area contributed by atoms with Crippen molar-refractivity contribution in [2.75, 3.05) is 5.32 Å². The number of hydrogen-bond acceptors (Lipinski definition) is 6. The van der Waals surface area contributed by atoms with Gasteiger partial charge < -0.3 is 21.7 Å². The minimum absolute atomic E-state index is 0.0815. The van der Waals surface area contributed by atoms with Gasteiger partial charge in [0, 0.05) is 17.1 Å². The van der Waals surface area contributed by atoms with Gasteiger partial charge in [-0.3, -0.25) is 14.4 Å². The second kappa shape index (κ2) is 10.7. The predicted molar refractivity (Wildman–Crippen MR) is 133 cm³/mol. The van der Waals surface area contributed by atoms with Gasteiger partial charge in [0.2, 0.25) is 5.91 Å². The summed E-state index contributed by atoms with van der Waals surface area (Å²) >= 11 is 7.36. The van der Waals surface area contributed by atoms with Crippen molar-refractivity contribution in [1.82, 2.24) is 15.6 Å². The number of pyridine rings is 1. The normalized spacial score (nSPS) is 17.7. The Morgan fingerprint density at radius 1 is 1.21 bits per heavy atom. The van der Waals surface area contributed by atoms with Crippen molar-refractivity contribution in [1.29, 1.82) is 0 Å². The Balaban J connectivity index is 1.42. The molecule has 0 radical (unpaired) electrons. The highest BCUT2D eigenvalue weighted by molar-refractivity contribution is 7.14. The maximum Gasteiger partial charge on any atom is 0.269 e. The lowest BCUT2D eigenvalue weighted by Crippen LogP contribution is -2.48. The summed E-state index contributed by atoms with van der Waals surface area (Å²) in [5, 5.41) is 9.60. The molecule has 2 atom stereocenters. The topological polar surface area (TPSA) is 126 Å². The summed E-state index contributed by atoms with van der Waals surface area (Å²) in [5.74, 6) is -0.513. The Morgan fingerprint density at radius 2 is 1.94 bits per heavy atom. The van der Waals surface area contributed by atoms with Gasteiger partial charge in [0.1, 0.15) is 6.04 Å². The lowest BCUT2D eigenvalue weighted by molar-refractivity contribution is -0.123. The van der Waals surface area contributed by atoms with Crippen molar-refractivity contribution in [2.24, 2.45) is 11.7 Å². The minimum Gasteiger partial charge on any atom is -0.376 e. The van der Waals surface area contributed by atoms with E-state index in [1.165, 1.54) is 30.4 Å². The average molecular weight is 504 g/mol. The van der Waals surface area contributed by atoms with Crippen LogP contribution in [0.1, 0.15) is 82.9 Å². The zero-order valence-corrected chi connectivity index (χ0v) is 20.7. The second-order valence-electron chi connectivity index (χ2n) is 9.18. The lowest BCUT2D eigenvalue weighted by Gasteiger charge is -2.21. The third-order valence-electron chi connectivity index (χ3n) is 6.33. The number of hydrogen-bond donors (Lipinski definition) is 4. The molecule has 5 N–H and O–H groups in total. The van der Waals surface area contributed by atoms with Gasteiger partial charge in [-0.05, 0) is 50.3 Å². The van der Waals surface area contributed by atoms with E-state index in [0.717, 1.165) is 30.6 Å². The first-order valence-electron chi connectivity index (χ1n) is 11.7. The van der Waals surface area contributed by atoms with Crippen LogP contribution in [0.4, 0.5) is 5.69 Å². The van der Waals surface area contributed by atoms with E-state index in [1.807, 2.05) is 13.0 Å². The van der Waals surface area contributed by atoms with Gasteiger partial charge in [0.05, 0.1) is 21.6 Å². The second-order valence-corrected chi connectivity index (χ2v) is 10.7. The summed E-state index contributed by atoms with van der Waals surface area (Å²) in [6.45, 7) is 1.91. The standard InChI is InChI=1S/C24H30ClN5O3S/c1-13(28-17-11-15(25)12-27-21(17)22(26)31)19-8-9-20(34-19)24(33)30-18(10-14-4-2-3-5-14)23(32)29-16-6-7-16/h8-9,11-14,16,18,28H,2-7,10H2,1H3,(H2,26,31)(H,29,32)(H,30,33). The molecule has 0 aromatic carbocycles. The van der Waals surface area contributed by atoms with Crippen LogP contribution in [-0.2, 0) is 4.79 Å². The van der Waals surface area contributed by atoms with Crippen molar-refractivity contribution in [3.8, 4) is 0 Å². The third-order valence-corrected chi connectivity index (χ3v) is 7.80. The number of thiophene rings is 1. The number of nitrogens with two attached hydrogens (primary N) is 1. The summed E-state index contributed by atoms with van der Waals surface area (Å²) in [6, 6.07) is 4.71. The van der Waals surface area contributed by atoms with E-state index in [4.69, 9.17) is 17.3 Å². The summed E-state index contributed by atoms with van der Waals surface area (Å²) in [7, 11) is 0. The molecule has 0 bridgehead atoms. The van der Waals surface area contributed by atoms with Crippen LogP contribution in [0.15, 0.2) is 24.4 Å². The minimum atomic E-state index is -0.657. The zero-order chi connectivity index (χ0) is 24.2. The molecule has 2 heterocycles. The summed E-state index contributed by atoms with van der Waals surface area (Å²) in [6.07, 6.45) is 8.67. The SMILES string of the molecule is CC(Nc1cc(Cl)cnc1C(N)=O)c1ccc(C(=O)NC(CC2CCCC2)C(=O)NC2CC2)s1. The average Bonchev–Trinajstić information content (AvgIpc) is 3.25. The molecule has 0 saturated heterocycles. The number of anilines is 1. The Bertz CT molecular complexity index is 1060. The van der Waals surface area contributed by atoms with Gasteiger partial charge in [0.25, 0.3) is 11.8 Å². The zero-order valence-electron chi connectivity index (χ0n) is 19.1. The maximum atomic E-state index is 13.0. The summed E-state index contributed by atoms with van der Waals surface area (Å²) in [4.78, 5) is 42.9. The number of carbonyl (C=O) groups excluding carboxylic acids is 3. The van der Waals surface area contributed by atoms with Crippen molar-refractivity contribution >= 4 is 46.3 Å². The molecule has 2 unspecified atom stereocenters. The molecule has 2 aliphatic rings. The van der Waals surface area contributed by atoms with Crippen LogP contribution in [0.25, 0.3) is 0 Å². The van der Waals surface area contributed by atoms with Gasteiger partial charge in [-0.25, -0.2) is 4.98 Å². The van der Waals surface area contributed by atoms with Crippen molar-refractivity contribution < 1.29 is 14.4 Å². The van der Waals surface area contributed by atoms with Crippen LogP contribution in [0.3, 0.4) is 0 Å². The fraction of sp³-hybridized carbons (Fsp3) is 0.500. The molecule has 8 nitrogen and oxygen atoms in total. The van der Waals surface area contributed by atoms with Gasteiger partial charge in [0.15, 0.2) is 5.69 Å². The molecule has 2 aliphatic carbocycles. The number of nitrogens with one attached hydrogen (secondary N) is 3. The number of carbonyl (C=O) groups is 3. The van der Waals surface area contributed by atoms with E-state index < -0.39 is 11.9 Å². The molecule has 182 valence electrons. The van der Waals surface area contributed by atoms with Gasteiger partial charge >= 0.3 is 0 Å². The number of amides is 3. The first-order chi connectivity index (χ1) is 16.3. The fourth-order valence-electron chi connectivity index (χ4n) is 4.33. The monoisotopic (exact) mass is 503 g/mol. The Labute approximate surface area is 208 Å². The highest BCUT2D eigenvalue weighted by Gasteiger charge is 2.31. The van der Waals surface area contributed by atoms with Crippen LogP contribution >= 0.6 is 22.9 Å². The van der Waals surface area contributed by atoms with Crippen LogP contribution in [0, 0.1) is 5.92 Å². The molecule has 2 aromatic heterocycles. The van der Waals surface area contributed by atoms with Gasteiger partial charge in [-0.1, -0.05) is 37.3 Å². The summed E-state index contributed by atoms with van der Waals surface area (Å²) in [5.41, 5.74) is 5.95. The smallest absolute Gasteiger partial charge is 0.269 e. The molecule has 34 heavy (non-hydrogen) atoms. The van der Waals surface area contributed by atoms with Gasteiger partial charge in [-0.15, -0.1) is 11.3 Å². The van der Waals surface area contributed by atoms with Gasteiger partial charge in [-0.2, -0.15) is 0 Å². The quantitative estimate of drug-likeness (QED) is 0.389. The molecule has 0 spiro atoms. The summed E-state index contributed by atoms with van der Waals surface area (Å²) < 4.78 is 0.